The van der Waals surface area contributed by atoms with Gasteiger partial charge in [0.05, 0.1) is 0 Å². The van der Waals surface area contributed by atoms with Crippen molar-refractivity contribution in [3.05, 3.63) is 0 Å². The second-order valence-electron chi connectivity index (χ2n) is 0.118. The van der Waals surface area contributed by atoms with Crippen molar-refractivity contribution in [1.29, 1.82) is 0 Å². The summed E-state index contributed by atoms with van der Waals surface area (Å²) in [5, 5.41) is 1.83. The first-order chi connectivity index (χ1) is 1.41. The van der Waals surface area contributed by atoms with Crippen LogP contribution in [0.3, 0.4) is 0 Å². The van der Waals surface area contributed by atoms with Crippen LogP contribution in [0.1, 0.15) is 0 Å². The Hall–Kier alpha value is 0.377. The molecule has 0 N–H and O–H groups in total. The molecule has 0 heterocycles. The number of hydrogen-bond acceptors (Lipinski definition) is 1. The number of terminal acetylenes is 1. The van der Waals surface area contributed by atoms with E-state index in [1.165, 1.54) is 0 Å². The Labute approximate surface area is 43.6 Å². The molecule has 0 aromatic heterocycles. The van der Waals surface area contributed by atoms with E-state index >= 15 is 0 Å². The van der Waals surface area contributed by atoms with Crippen molar-refractivity contribution in [1.82, 2.24) is 0 Å². The molecular formula is C2HLiS. The molecular weight excluding hydrogens is 63.0 g/mol. The minimum absolute atomic E-state index is 0. The molecule has 0 spiro atoms. The van der Waals surface area contributed by atoms with Crippen LogP contribution < -0.4 is 18.9 Å². The van der Waals surface area contributed by atoms with E-state index in [0.29, 0.717) is 0 Å². The molecule has 0 radical (unpaired) electrons. The van der Waals surface area contributed by atoms with Gasteiger partial charge in [0, 0.05) is 0 Å². The SMILES string of the molecule is C#C[S-].[Li+]. The monoisotopic (exact) mass is 64.0 g/mol. The van der Waals surface area contributed by atoms with E-state index in [2.05, 4.69) is 19.1 Å². The van der Waals surface area contributed by atoms with Crippen molar-refractivity contribution in [3.63, 3.8) is 0 Å². The van der Waals surface area contributed by atoms with Gasteiger partial charge < -0.3 is 12.6 Å². The van der Waals surface area contributed by atoms with Crippen molar-refractivity contribution < 1.29 is 18.9 Å². The zero-order valence-corrected chi connectivity index (χ0v) is 3.30. The van der Waals surface area contributed by atoms with Gasteiger partial charge in [0.15, 0.2) is 0 Å². The number of hydrogen-bond donors (Lipinski definition) is 0. The minimum Gasteiger partial charge on any atom is -0.725 e. The molecule has 0 aliphatic heterocycles. The maximum Gasteiger partial charge on any atom is 1.00 e. The van der Waals surface area contributed by atoms with Crippen LogP contribution in [-0.4, -0.2) is 0 Å². The van der Waals surface area contributed by atoms with E-state index in [-0.39, 0.29) is 18.9 Å². The van der Waals surface area contributed by atoms with Gasteiger partial charge in [-0.1, -0.05) is 0 Å². The van der Waals surface area contributed by atoms with E-state index in [9.17, 15) is 0 Å². The molecule has 0 atom stereocenters. The van der Waals surface area contributed by atoms with Crippen LogP contribution in [-0.2, 0) is 12.6 Å². The van der Waals surface area contributed by atoms with E-state index in [4.69, 9.17) is 0 Å². The molecule has 0 amide bonds. The second kappa shape index (κ2) is 10.1. The van der Waals surface area contributed by atoms with Crippen LogP contribution >= 0.6 is 0 Å². The Bertz CT molecular complexity index is 27.5. The van der Waals surface area contributed by atoms with Gasteiger partial charge in [-0.05, 0) is 0 Å². The Morgan fingerprint density at radius 2 is 1.75 bits per heavy atom. The van der Waals surface area contributed by atoms with Crippen molar-refractivity contribution in [3.8, 4) is 11.7 Å². The fourth-order valence-corrected chi connectivity index (χ4v) is 0. The summed E-state index contributed by atoms with van der Waals surface area (Å²) < 4.78 is 0. The van der Waals surface area contributed by atoms with Gasteiger partial charge >= 0.3 is 18.9 Å². The Morgan fingerprint density at radius 1 is 1.75 bits per heavy atom. The molecule has 0 fully saturated rings. The normalized spacial score (nSPS) is 1.75. The predicted molar refractivity (Wildman–Crippen MR) is 16.2 cm³/mol. The van der Waals surface area contributed by atoms with E-state index in [1.807, 2.05) is 5.25 Å². The molecule has 4 heavy (non-hydrogen) atoms. The first-order valence-electron chi connectivity index (χ1n) is 0.493. The summed E-state index contributed by atoms with van der Waals surface area (Å²) in [6, 6.07) is 0. The van der Waals surface area contributed by atoms with Crippen molar-refractivity contribution in [2.75, 3.05) is 0 Å². The summed E-state index contributed by atoms with van der Waals surface area (Å²) in [7, 11) is 0. The molecule has 0 saturated heterocycles. The summed E-state index contributed by atoms with van der Waals surface area (Å²) >= 11 is 3.92. The summed E-state index contributed by atoms with van der Waals surface area (Å²) in [6.45, 7) is 0. The first kappa shape index (κ1) is 8.83. The van der Waals surface area contributed by atoms with Crippen LogP contribution in [0, 0.1) is 11.7 Å². The quantitative estimate of drug-likeness (QED) is 0.166. The second-order valence-corrected chi connectivity index (χ2v) is 0.354. The van der Waals surface area contributed by atoms with E-state index in [0.717, 1.165) is 0 Å². The topological polar surface area (TPSA) is 0 Å². The van der Waals surface area contributed by atoms with Gasteiger partial charge in [0.1, 0.15) is 0 Å². The third-order valence-corrected chi connectivity index (χ3v) is 0. The van der Waals surface area contributed by atoms with Crippen molar-refractivity contribution >= 4 is 12.6 Å². The maximum absolute atomic E-state index is 4.41. The van der Waals surface area contributed by atoms with Gasteiger partial charge in [-0.25, -0.2) is 0 Å². The van der Waals surface area contributed by atoms with Gasteiger partial charge in [-0.15, -0.1) is 6.42 Å². The summed E-state index contributed by atoms with van der Waals surface area (Å²) in [4.78, 5) is 0. The largest absolute Gasteiger partial charge is 1.00 e. The van der Waals surface area contributed by atoms with Crippen LogP contribution in [0.4, 0.5) is 0 Å². The molecule has 2 heteroatoms. The summed E-state index contributed by atoms with van der Waals surface area (Å²) in [5.41, 5.74) is 0. The molecule has 0 saturated carbocycles. The number of rotatable bonds is 0. The van der Waals surface area contributed by atoms with Crippen LogP contribution in [0.15, 0.2) is 0 Å². The molecule has 0 aromatic carbocycles. The van der Waals surface area contributed by atoms with Crippen LogP contribution in [0.25, 0.3) is 0 Å². The Balaban J connectivity index is 0. The third kappa shape index (κ3) is 31.7. The molecule has 0 aliphatic carbocycles. The Kier molecular flexibility index (Phi) is 22.2. The minimum atomic E-state index is 0. The first-order valence-corrected chi connectivity index (χ1v) is 0.901. The van der Waals surface area contributed by atoms with Crippen molar-refractivity contribution in [2.24, 2.45) is 0 Å². The van der Waals surface area contributed by atoms with Crippen LogP contribution in [0.5, 0.6) is 0 Å². The van der Waals surface area contributed by atoms with Crippen LogP contribution in [0.2, 0.25) is 0 Å². The predicted octanol–water partition coefficient (Wildman–Crippen LogP) is -2.87. The molecule has 0 bridgehead atoms. The average Bonchev–Trinajstić information content (AvgIpc) is 0.918. The average molecular weight is 64.0 g/mol. The standard InChI is InChI=1S/C2H2S.Li/c1-2-3;/h1,3H;/q;+1/p-1. The zero-order chi connectivity index (χ0) is 2.71. The fraction of sp³-hybridized carbons (Fsp3) is 0. The van der Waals surface area contributed by atoms with Gasteiger partial charge in [-0.2, -0.15) is 0 Å². The summed E-state index contributed by atoms with van der Waals surface area (Å²) in [6.07, 6.45) is 4.41. The Morgan fingerprint density at radius 3 is 1.75 bits per heavy atom. The molecule has 0 aromatic rings. The smallest absolute Gasteiger partial charge is 0.725 e. The molecule has 0 rings (SSSR count). The third-order valence-electron chi connectivity index (χ3n) is 0. The molecule has 16 valence electrons. The molecule has 0 aliphatic rings. The molecule has 0 unspecified atom stereocenters. The maximum atomic E-state index is 4.41. The van der Waals surface area contributed by atoms with E-state index < -0.39 is 0 Å². The van der Waals surface area contributed by atoms with Gasteiger partial charge in [-0.3, -0.25) is 5.25 Å². The fourth-order valence-electron chi connectivity index (χ4n) is 0. The van der Waals surface area contributed by atoms with Gasteiger partial charge in [0.2, 0.25) is 0 Å². The van der Waals surface area contributed by atoms with Crippen molar-refractivity contribution in [2.45, 2.75) is 0 Å². The van der Waals surface area contributed by atoms with E-state index in [1.54, 1.807) is 0 Å². The zero-order valence-electron chi connectivity index (χ0n) is 2.49. The summed E-state index contributed by atoms with van der Waals surface area (Å²) in [5.74, 6) is 0. The van der Waals surface area contributed by atoms with Gasteiger partial charge in [0.25, 0.3) is 0 Å². The molecule has 0 nitrogen and oxygen atoms in total.